The van der Waals surface area contributed by atoms with Crippen molar-refractivity contribution < 1.29 is 29.1 Å². The van der Waals surface area contributed by atoms with Crippen LogP contribution in [0, 0.1) is 11.8 Å². The van der Waals surface area contributed by atoms with Crippen molar-refractivity contribution in [2.45, 2.75) is 34.1 Å². The van der Waals surface area contributed by atoms with Gasteiger partial charge >= 0.3 is 0 Å². The molecule has 12 heavy (non-hydrogen) atoms. The van der Waals surface area contributed by atoms with Crippen LogP contribution in [0.1, 0.15) is 34.1 Å². The fourth-order valence-corrected chi connectivity index (χ4v) is 0.580. The molecule has 0 spiro atoms. The maximum atomic E-state index is 11.0. The maximum absolute atomic E-state index is 11.0. The van der Waals surface area contributed by atoms with E-state index in [1.165, 1.54) is 0 Å². The number of rotatable bonds is 4. The van der Waals surface area contributed by atoms with Crippen LogP contribution in [0.3, 0.4) is 0 Å². The van der Waals surface area contributed by atoms with E-state index in [4.69, 9.17) is 0 Å². The first-order valence-corrected chi connectivity index (χ1v) is 4.00. The van der Waals surface area contributed by atoms with Gasteiger partial charge in [0.25, 0.3) is 0 Å². The second-order valence-corrected chi connectivity index (χ2v) is 3.42. The van der Waals surface area contributed by atoms with E-state index < -0.39 is 0 Å². The Balaban J connectivity index is 0. The van der Waals surface area contributed by atoms with Crippen LogP contribution in [-0.4, -0.2) is 11.6 Å². The van der Waals surface area contributed by atoms with Gasteiger partial charge in [0.1, 0.15) is 11.6 Å². The fourth-order valence-electron chi connectivity index (χ4n) is 0.580. The molecule has 0 aliphatic heterocycles. The molecular formula is C9H16O2Zn. The molecule has 0 unspecified atom stereocenters. The first-order chi connectivity index (χ1) is 4.95. The number of Topliss-reactive ketones (excluding diaryl/α,β-unsaturated/α-hetero) is 2. The van der Waals surface area contributed by atoms with Crippen molar-refractivity contribution in [2.75, 3.05) is 0 Å². The zero-order chi connectivity index (χ0) is 9.02. The second kappa shape index (κ2) is 6.48. The van der Waals surface area contributed by atoms with Gasteiger partial charge in [-0.05, 0) is 0 Å². The summed E-state index contributed by atoms with van der Waals surface area (Å²) in [5.74, 6) is 0.0581. The normalized spacial score (nSPS) is 9.83. The van der Waals surface area contributed by atoms with Crippen molar-refractivity contribution in [2.24, 2.45) is 11.8 Å². The van der Waals surface area contributed by atoms with E-state index in [-0.39, 0.29) is 49.3 Å². The summed E-state index contributed by atoms with van der Waals surface area (Å²) >= 11 is 0. The minimum Gasteiger partial charge on any atom is -0.299 e. The van der Waals surface area contributed by atoms with Crippen LogP contribution in [0.25, 0.3) is 0 Å². The molecule has 0 saturated heterocycles. The summed E-state index contributed by atoms with van der Waals surface area (Å²) in [5, 5.41) is 0. The number of hydrogen-bond donors (Lipinski definition) is 0. The van der Waals surface area contributed by atoms with Crippen LogP contribution in [-0.2, 0) is 29.1 Å². The maximum Gasteiger partial charge on any atom is 0.142 e. The number of ketones is 2. The first-order valence-electron chi connectivity index (χ1n) is 4.00. The van der Waals surface area contributed by atoms with Crippen LogP contribution in [0.2, 0.25) is 0 Å². The van der Waals surface area contributed by atoms with E-state index in [0.717, 1.165) is 0 Å². The summed E-state index contributed by atoms with van der Waals surface area (Å²) in [6, 6.07) is 0. The van der Waals surface area contributed by atoms with Gasteiger partial charge in [-0.1, -0.05) is 27.7 Å². The quantitative estimate of drug-likeness (QED) is 0.536. The Labute approximate surface area is 86.9 Å². The van der Waals surface area contributed by atoms with Gasteiger partial charge in [-0.2, -0.15) is 0 Å². The Morgan fingerprint density at radius 1 is 0.917 bits per heavy atom. The van der Waals surface area contributed by atoms with Crippen molar-refractivity contribution in [3.05, 3.63) is 0 Å². The zero-order valence-electron chi connectivity index (χ0n) is 8.39. The Morgan fingerprint density at radius 3 is 1.33 bits per heavy atom. The fraction of sp³-hybridized carbons (Fsp3) is 0.778. The van der Waals surface area contributed by atoms with E-state index in [0.29, 0.717) is 0 Å². The van der Waals surface area contributed by atoms with E-state index in [2.05, 4.69) is 0 Å². The Morgan fingerprint density at radius 2 is 1.17 bits per heavy atom. The topological polar surface area (TPSA) is 34.1 Å². The summed E-state index contributed by atoms with van der Waals surface area (Å²) in [5.41, 5.74) is 0. The smallest absolute Gasteiger partial charge is 0.142 e. The van der Waals surface area contributed by atoms with Crippen LogP contribution in [0.4, 0.5) is 0 Å². The number of hydrogen-bond acceptors (Lipinski definition) is 2. The van der Waals surface area contributed by atoms with Gasteiger partial charge in [0.2, 0.25) is 0 Å². The molecule has 0 amide bonds. The number of carbonyl (C=O) groups excluding carboxylic acids is 2. The summed E-state index contributed by atoms with van der Waals surface area (Å²) in [6.45, 7) is 7.26. The Hall–Kier alpha value is -0.0366. The standard InChI is InChI=1S/C9H16O2.Zn/c1-6(2)8(10)5-9(11)7(3)4;/h6-7H,5H2,1-4H3;. The van der Waals surface area contributed by atoms with Crippen molar-refractivity contribution in [3.63, 3.8) is 0 Å². The predicted octanol–water partition coefficient (Wildman–Crippen LogP) is 1.82. The zero-order valence-corrected chi connectivity index (χ0v) is 11.4. The van der Waals surface area contributed by atoms with Gasteiger partial charge in [-0.25, -0.2) is 0 Å². The van der Waals surface area contributed by atoms with Crippen molar-refractivity contribution in [3.8, 4) is 0 Å². The van der Waals surface area contributed by atoms with Crippen molar-refractivity contribution in [1.82, 2.24) is 0 Å². The third-order valence-corrected chi connectivity index (χ3v) is 1.64. The predicted molar refractivity (Wildman–Crippen MR) is 44.3 cm³/mol. The molecule has 66 valence electrons. The molecule has 0 aliphatic rings. The average molecular weight is 222 g/mol. The molecular weight excluding hydrogens is 205 g/mol. The van der Waals surface area contributed by atoms with E-state index in [9.17, 15) is 9.59 Å². The first kappa shape index (κ1) is 14.5. The van der Waals surface area contributed by atoms with Gasteiger partial charge in [0.05, 0.1) is 6.42 Å². The summed E-state index contributed by atoms with van der Waals surface area (Å²) in [4.78, 5) is 22.1. The van der Waals surface area contributed by atoms with Gasteiger partial charge in [0.15, 0.2) is 0 Å². The molecule has 0 aromatic rings. The Bertz CT molecular complexity index is 144. The van der Waals surface area contributed by atoms with Gasteiger partial charge < -0.3 is 0 Å². The molecule has 0 aromatic carbocycles. The summed E-state index contributed by atoms with van der Waals surface area (Å²) in [7, 11) is 0. The van der Waals surface area contributed by atoms with Gasteiger partial charge in [0, 0.05) is 31.3 Å². The molecule has 0 heterocycles. The monoisotopic (exact) mass is 220 g/mol. The molecule has 0 N–H and O–H groups in total. The molecule has 0 rings (SSSR count). The molecule has 0 saturated carbocycles. The minimum atomic E-state index is -0.0160. The molecule has 0 aliphatic carbocycles. The minimum absolute atomic E-state index is 0. The Kier molecular flexibility index (Phi) is 7.82. The second-order valence-electron chi connectivity index (χ2n) is 3.42. The molecule has 0 atom stereocenters. The van der Waals surface area contributed by atoms with Crippen LogP contribution >= 0.6 is 0 Å². The molecule has 2 nitrogen and oxygen atoms in total. The van der Waals surface area contributed by atoms with Crippen LogP contribution in [0.15, 0.2) is 0 Å². The molecule has 0 radical (unpaired) electrons. The summed E-state index contributed by atoms with van der Waals surface area (Å²) in [6.07, 6.45) is 0.106. The number of carbonyl (C=O) groups is 2. The SMILES string of the molecule is CC(C)C(=O)CC(=O)C(C)C.[Zn]. The van der Waals surface area contributed by atoms with Crippen molar-refractivity contribution >= 4 is 11.6 Å². The van der Waals surface area contributed by atoms with Gasteiger partial charge in [-0.15, -0.1) is 0 Å². The third kappa shape index (κ3) is 5.59. The average Bonchev–Trinajstić information content (AvgIpc) is 1.87. The van der Waals surface area contributed by atoms with Gasteiger partial charge in [-0.3, -0.25) is 9.59 Å². The van der Waals surface area contributed by atoms with Crippen LogP contribution < -0.4 is 0 Å². The van der Waals surface area contributed by atoms with Crippen LogP contribution in [0.5, 0.6) is 0 Å². The molecule has 0 aromatic heterocycles. The molecule has 0 bridgehead atoms. The van der Waals surface area contributed by atoms with E-state index >= 15 is 0 Å². The molecule has 0 fully saturated rings. The van der Waals surface area contributed by atoms with Crippen molar-refractivity contribution in [1.29, 1.82) is 0 Å². The summed E-state index contributed by atoms with van der Waals surface area (Å²) < 4.78 is 0. The largest absolute Gasteiger partial charge is 0.299 e. The molecule has 3 heteroatoms. The third-order valence-electron chi connectivity index (χ3n) is 1.64. The van der Waals surface area contributed by atoms with E-state index in [1.807, 2.05) is 27.7 Å². The van der Waals surface area contributed by atoms with E-state index in [1.54, 1.807) is 0 Å².